The number of carbonyl (C=O) groups is 2. The van der Waals surface area contributed by atoms with E-state index in [1.165, 1.54) is 30.8 Å². The summed E-state index contributed by atoms with van der Waals surface area (Å²) in [5, 5.41) is 5.03. The maximum absolute atomic E-state index is 12.6. The normalized spacial score (nSPS) is 11.3. The van der Waals surface area contributed by atoms with E-state index in [1.807, 2.05) is 0 Å². The summed E-state index contributed by atoms with van der Waals surface area (Å²) >= 11 is 5.50. The summed E-state index contributed by atoms with van der Waals surface area (Å²) in [6.45, 7) is 10.3. The summed E-state index contributed by atoms with van der Waals surface area (Å²) in [5.74, 6) is -1.59. The van der Waals surface area contributed by atoms with E-state index in [0.717, 1.165) is 0 Å². The molecule has 0 radical (unpaired) electrons. The Morgan fingerprint density at radius 3 is 2.63 bits per heavy atom. The lowest BCUT2D eigenvalue weighted by atomic mass is 10.3. The van der Waals surface area contributed by atoms with Gasteiger partial charge in [-0.05, 0) is 18.2 Å². The van der Waals surface area contributed by atoms with E-state index in [1.54, 1.807) is 18.2 Å². The van der Waals surface area contributed by atoms with Crippen LogP contribution < -0.4 is 10.6 Å². The molecule has 1 rings (SSSR count). The summed E-state index contributed by atoms with van der Waals surface area (Å²) in [6, 6.07) is 0. The Hall–Kier alpha value is -3.52. The highest BCUT2D eigenvalue weighted by Crippen LogP contribution is 2.13. The van der Waals surface area contributed by atoms with Crippen LogP contribution in [0.1, 0.15) is 22.6 Å². The average molecular weight is 433 g/mol. The number of ether oxygens (including phenoxy) is 1. The molecule has 1 aromatic rings. The number of halogens is 2. The number of aromatic nitrogens is 2. The summed E-state index contributed by atoms with van der Waals surface area (Å²) in [4.78, 5) is 31.9. The highest BCUT2D eigenvalue weighted by Gasteiger charge is 2.09. The number of nitrogens with one attached hydrogen (secondary N) is 2. The number of carbonyl (C=O) groups excluding carboxylic acids is 2. The topological polar surface area (TPSA) is 93.2 Å². The molecule has 9 heteroatoms. The van der Waals surface area contributed by atoms with Crippen molar-refractivity contribution in [3.63, 3.8) is 0 Å². The van der Waals surface area contributed by atoms with Crippen molar-refractivity contribution in [3.8, 4) is 0 Å². The van der Waals surface area contributed by atoms with Gasteiger partial charge in [0.1, 0.15) is 11.5 Å². The maximum Gasteiger partial charge on any atom is 0.275 e. The van der Waals surface area contributed by atoms with Crippen LogP contribution in [0.3, 0.4) is 0 Å². The van der Waals surface area contributed by atoms with E-state index in [-0.39, 0.29) is 29.8 Å². The van der Waals surface area contributed by atoms with Gasteiger partial charge in [0.2, 0.25) is 0 Å². The van der Waals surface area contributed by atoms with Crippen molar-refractivity contribution in [2.75, 3.05) is 13.2 Å². The first kappa shape index (κ1) is 24.5. The van der Waals surface area contributed by atoms with Crippen molar-refractivity contribution in [2.45, 2.75) is 6.42 Å². The van der Waals surface area contributed by atoms with Gasteiger partial charge in [-0.3, -0.25) is 14.6 Å². The molecular weight excluding hydrogens is 411 g/mol. The first-order chi connectivity index (χ1) is 14.3. The third-order valence-corrected chi connectivity index (χ3v) is 3.57. The van der Waals surface area contributed by atoms with Crippen LogP contribution in [0.2, 0.25) is 0 Å². The molecule has 2 amide bonds. The Morgan fingerprint density at radius 1 is 1.23 bits per heavy atom. The van der Waals surface area contributed by atoms with Gasteiger partial charge in [-0.15, -0.1) is 0 Å². The Balaban J connectivity index is 2.30. The smallest absolute Gasteiger partial charge is 0.275 e. The molecule has 0 bridgehead atoms. The zero-order valence-corrected chi connectivity index (χ0v) is 17.0. The second-order valence-corrected chi connectivity index (χ2v) is 6.05. The summed E-state index contributed by atoms with van der Waals surface area (Å²) in [6.07, 6.45) is 11.9. The van der Waals surface area contributed by atoms with Crippen molar-refractivity contribution in [1.82, 2.24) is 20.6 Å². The Kier molecular flexibility index (Phi) is 11.1. The van der Waals surface area contributed by atoms with Gasteiger partial charge < -0.3 is 15.4 Å². The van der Waals surface area contributed by atoms with E-state index < -0.39 is 11.7 Å². The van der Waals surface area contributed by atoms with Crippen LogP contribution in [0.15, 0.2) is 79.3 Å². The number of rotatable bonds is 12. The van der Waals surface area contributed by atoms with E-state index in [4.69, 9.17) is 16.3 Å². The van der Waals surface area contributed by atoms with Crippen LogP contribution in [0, 0.1) is 0 Å². The van der Waals surface area contributed by atoms with Gasteiger partial charge in [-0.2, -0.15) is 0 Å². The van der Waals surface area contributed by atoms with Crippen molar-refractivity contribution < 1.29 is 18.7 Å². The minimum absolute atomic E-state index is 0.140. The van der Waals surface area contributed by atoms with Crippen LogP contribution in [0.4, 0.5) is 4.39 Å². The minimum Gasteiger partial charge on any atom is -0.491 e. The molecule has 0 aliphatic heterocycles. The van der Waals surface area contributed by atoms with Gasteiger partial charge in [-0.25, -0.2) is 9.37 Å². The number of amides is 2. The molecule has 0 saturated heterocycles. The van der Waals surface area contributed by atoms with E-state index >= 15 is 0 Å². The van der Waals surface area contributed by atoms with E-state index in [9.17, 15) is 14.0 Å². The average Bonchev–Trinajstić information content (AvgIpc) is 2.72. The molecule has 0 fully saturated rings. The van der Waals surface area contributed by atoms with E-state index in [0.29, 0.717) is 17.8 Å². The minimum atomic E-state index is -0.767. The standard InChI is InChI=1S/C21H22ClFN4O3/c1-4-5-7-17-12-26-19(13-25-17)21(29)27-15(2)9-10-24-20(28)14-30-11-6-8-18(22)16(3)23/h4-8,11-13H,1-3,9-10,14H2,(H,24,28)(H,27,29)/b7-5-,11-6+,18-8+. The fraction of sp³-hybridized carbons (Fsp3) is 0.143. The molecule has 2 N–H and O–H groups in total. The van der Waals surface area contributed by atoms with Crippen LogP contribution >= 0.6 is 11.6 Å². The molecule has 0 saturated carbocycles. The maximum atomic E-state index is 12.6. The monoisotopic (exact) mass is 432 g/mol. The van der Waals surface area contributed by atoms with Gasteiger partial charge in [0.15, 0.2) is 6.61 Å². The molecular formula is C21H22ClFN4O3. The third-order valence-electron chi connectivity index (χ3n) is 3.24. The molecule has 1 heterocycles. The Bertz CT molecular complexity index is 877. The Morgan fingerprint density at radius 2 is 2.00 bits per heavy atom. The molecule has 1 aromatic heterocycles. The molecule has 30 heavy (non-hydrogen) atoms. The molecule has 0 aromatic carbocycles. The quantitative estimate of drug-likeness (QED) is 0.389. The zero-order valence-electron chi connectivity index (χ0n) is 16.2. The molecule has 0 aliphatic carbocycles. The number of nitrogens with zero attached hydrogens (tertiary/aromatic N) is 2. The van der Waals surface area contributed by atoms with Crippen molar-refractivity contribution in [1.29, 1.82) is 0 Å². The van der Waals surface area contributed by atoms with Crippen LogP contribution in [-0.4, -0.2) is 34.9 Å². The summed E-state index contributed by atoms with van der Waals surface area (Å²) in [7, 11) is 0. The van der Waals surface area contributed by atoms with Gasteiger partial charge >= 0.3 is 0 Å². The Labute approximate surface area is 179 Å². The van der Waals surface area contributed by atoms with Crippen LogP contribution in [0.5, 0.6) is 0 Å². The van der Waals surface area contributed by atoms with Crippen molar-refractivity contribution >= 4 is 29.5 Å². The van der Waals surface area contributed by atoms with Crippen LogP contribution in [0.25, 0.3) is 6.08 Å². The lowest BCUT2D eigenvalue weighted by Crippen LogP contribution is -2.30. The number of hydrogen-bond donors (Lipinski definition) is 2. The first-order valence-corrected chi connectivity index (χ1v) is 9.07. The second kappa shape index (κ2) is 13.6. The molecule has 0 unspecified atom stereocenters. The third kappa shape index (κ3) is 10.1. The van der Waals surface area contributed by atoms with E-state index in [2.05, 4.69) is 40.3 Å². The van der Waals surface area contributed by atoms with Gasteiger partial charge in [0, 0.05) is 18.7 Å². The largest absolute Gasteiger partial charge is 0.491 e. The second-order valence-electron chi connectivity index (χ2n) is 5.64. The zero-order chi connectivity index (χ0) is 22.4. The SMILES string of the molecule is C=C/C=C\c1cnc(C(=O)NC(=C)CCNC(=O)CO/C=C/C=C(/Cl)C(=C)F)cn1. The van der Waals surface area contributed by atoms with Crippen molar-refractivity contribution in [3.05, 3.63) is 90.6 Å². The molecule has 0 atom stereocenters. The van der Waals surface area contributed by atoms with Gasteiger partial charge in [0.25, 0.3) is 11.8 Å². The summed E-state index contributed by atoms with van der Waals surface area (Å²) in [5.41, 5.74) is 1.14. The summed E-state index contributed by atoms with van der Waals surface area (Å²) < 4.78 is 17.6. The lowest BCUT2D eigenvalue weighted by Gasteiger charge is -2.09. The lowest BCUT2D eigenvalue weighted by molar-refractivity contribution is -0.123. The highest BCUT2D eigenvalue weighted by molar-refractivity contribution is 6.31. The first-order valence-electron chi connectivity index (χ1n) is 8.69. The molecule has 0 spiro atoms. The van der Waals surface area contributed by atoms with Gasteiger partial charge in [-0.1, -0.05) is 43.5 Å². The fourth-order valence-corrected chi connectivity index (χ4v) is 1.87. The molecule has 7 nitrogen and oxygen atoms in total. The molecule has 0 aliphatic rings. The molecule has 158 valence electrons. The van der Waals surface area contributed by atoms with Crippen LogP contribution in [-0.2, 0) is 9.53 Å². The number of allylic oxidation sites excluding steroid dienone is 6. The fourth-order valence-electron chi connectivity index (χ4n) is 1.79. The van der Waals surface area contributed by atoms with Gasteiger partial charge in [0.05, 0.1) is 29.4 Å². The predicted octanol–water partition coefficient (Wildman–Crippen LogP) is 3.56. The number of hydrogen-bond acceptors (Lipinski definition) is 5. The highest BCUT2D eigenvalue weighted by atomic mass is 35.5. The van der Waals surface area contributed by atoms with Crippen molar-refractivity contribution in [2.24, 2.45) is 0 Å². The predicted molar refractivity (Wildman–Crippen MR) is 115 cm³/mol.